The summed E-state index contributed by atoms with van der Waals surface area (Å²) in [5, 5.41) is 3.36. The third kappa shape index (κ3) is 5.16. The topological polar surface area (TPSA) is 32.3 Å². The summed E-state index contributed by atoms with van der Waals surface area (Å²) in [5.41, 5.74) is -0.580. The first kappa shape index (κ1) is 18.3. The summed E-state index contributed by atoms with van der Waals surface area (Å²) in [5.74, 6) is 0.440. The Kier molecular flexibility index (Phi) is 6.08. The quantitative estimate of drug-likeness (QED) is 0.728. The van der Waals surface area contributed by atoms with Crippen molar-refractivity contribution >= 4 is 5.91 Å². The lowest BCUT2D eigenvalue weighted by Gasteiger charge is -2.25. The largest absolute Gasteiger partial charge is 0.389 e. The normalized spacial score (nSPS) is 27.0. The Balaban J connectivity index is 2.60. The minimum atomic E-state index is -4.11. The van der Waals surface area contributed by atoms with Crippen LogP contribution in [0, 0.1) is 5.92 Å². The van der Waals surface area contributed by atoms with Gasteiger partial charge in [-0.05, 0) is 38.5 Å². The maximum Gasteiger partial charge on any atom is 0.389 e. The van der Waals surface area contributed by atoms with Gasteiger partial charge in [0.2, 0.25) is 5.91 Å². The Bertz CT molecular complexity index is 357. The monoisotopic (exact) mass is 308 g/mol. The van der Waals surface area contributed by atoms with E-state index in [9.17, 15) is 18.0 Å². The van der Waals surface area contributed by atoms with E-state index < -0.39 is 18.1 Å². The molecular formula is C15H27F3N2O. The van der Waals surface area contributed by atoms with Gasteiger partial charge in [-0.1, -0.05) is 20.8 Å². The van der Waals surface area contributed by atoms with Gasteiger partial charge in [0.05, 0.1) is 11.7 Å². The molecule has 1 amide bonds. The van der Waals surface area contributed by atoms with Crippen LogP contribution in [0.25, 0.3) is 0 Å². The molecule has 3 nitrogen and oxygen atoms in total. The zero-order valence-corrected chi connectivity index (χ0v) is 13.4. The number of hydrogen-bond acceptors (Lipinski definition) is 2. The number of unbranched alkanes of at least 4 members (excludes halogenated alkanes) is 1. The molecule has 0 aromatic carbocycles. The van der Waals surface area contributed by atoms with Crippen LogP contribution in [0.1, 0.15) is 59.8 Å². The van der Waals surface area contributed by atoms with E-state index in [2.05, 4.69) is 19.2 Å². The van der Waals surface area contributed by atoms with Crippen LogP contribution in [0.2, 0.25) is 0 Å². The number of alkyl halides is 3. The van der Waals surface area contributed by atoms with Gasteiger partial charge in [-0.3, -0.25) is 10.1 Å². The molecule has 0 bridgehead atoms. The van der Waals surface area contributed by atoms with Crippen LogP contribution in [-0.2, 0) is 4.79 Å². The zero-order valence-electron chi connectivity index (χ0n) is 13.4. The molecule has 2 atom stereocenters. The maximum absolute atomic E-state index is 12.5. The van der Waals surface area contributed by atoms with E-state index in [-0.39, 0.29) is 18.5 Å². The lowest BCUT2D eigenvalue weighted by atomic mass is 9.99. The SMILES string of the molecule is CCC1(C)NC(CC(C)C)N(CCCCC(F)(F)F)C1=O. The molecule has 124 valence electrons. The minimum Gasteiger partial charge on any atom is -0.326 e. The Morgan fingerprint density at radius 1 is 1.33 bits per heavy atom. The summed E-state index contributed by atoms with van der Waals surface area (Å²) in [6, 6.07) is 0. The fourth-order valence-corrected chi connectivity index (χ4v) is 2.72. The first-order chi connectivity index (χ1) is 9.59. The third-order valence-corrected chi connectivity index (χ3v) is 4.11. The second-order valence-electron chi connectivity index (χ2n) is 6.55. The standard InChI is InChI=1S/C15H27F3N2O/c1-5-14(4)13(21)20(12(19-14)10-11(2)3)9-7-6-8-15(16,17)18/h11-12,19H,5-10H2,1-4H3. The molecule has 1 saturated heterocycles. The molecule has 6 heteroatoms. The van der Waals surface area contributed by atoms with Crippen molar-refractivity contribution in [1.82, 2.24) is 10.2 Å². The average Bonchev–Trinajstić information content (AvgIpc) is 2.57. The van der Waals surface area contributed by atoms with Gasteiger partial charge < -0.3 is 4.90 Å². The molecule has 0 aromatic rings. The predicted molar refractivity (Wildman–Crippen MR) is 76.7 cm³/mol. The van der Waals surface area contributed by atoms with E-state index in [1.54, 1.807) is 4.90 Å². The number of carbonyl (C=O) groups excluding carboxylic acids is 1. The van der Waals surface area contributed by atoms with Gasteiger partial charge in [-0.2, -0.15) is 13.2 Å². The van der Waals surface area contributed by atoms with Crippen molar-refractivity contribution in [2.75, 3.05) is 6.54 Å². The Hall–Kier alpha value is -0.780. The highest BCUT2D eigenvalue weighted by molar-refractivity contribution is 5.88. The van der Waals surface area contributed by atoms with Gasteiger partial charge in [0.15, 0.2) is 0 Å². The summed E-state index contributed by atoms with van der Waals surface area (Å²) in [6.45, 7) is 8.38. The van der Waals surface area contributed by atoms with Crippen LogP contribution >= 0.6 is 0 Å². The third-order valence-electron chi connectivity index (χ3n) is 4.11. The molecule has 1 aliphatic heterocycles. The minimum absolute atomic E-state index is 0.0164. The average molecular weight is 308 g/mol. The van der Waals surface area contributed by atoms with E-state index in [0.717, 1.165) is 6.42 Å². The molecule has 1 aliphatic rings. The maximum atomic E-state index is 12.5. The first-order valence-electron chi connectivity index (χ1n) is 7.74. The molecule has 21 heavy (non-hydrogen) atoms. The van der Waals surface area contributed by atoms with E-state index in [1.165, 1.54) is 0 Å². The summed E-state index contributed by atoms with van der Waals surface area (Å²) >= 11 is 0. The van der Waals surface area contributed by atoms with Crippen molar-refractivity contribution in [2.45, 2.75) is 77.7 Å². The Labute approximate surface area is 125 Å². The van der Waals surface area contributed by atoms with Gasteiger partial charge in [0.1, 0.15) is 0 Å². The van der Waals surface area contributed by atoms with Crippen LogP contribution in [0.4, 0.5) is 13.2 Å². The van der Waals surface area contributed by atoms with Gasteiger partial charge >= 0.3 is 6.18 Å². The van der Waals surface area contributed by atoms with Crippen LogP contribution < -0.4 is 5.32 Å². The van der Waals surface area contributed by atoms with Crippen LogP contribution in [0.3, 0.4) is 0 Å². The molecule has 0 aromatic heterocycles. The molecule has 0 radical (unpaired) electrons. The Morgan fingerprint density at radius 3 is 2.43 bits per heavy atom. The van der Waals surface area contributed by atoms with Crippen LogP contribution in [0.5, 0.6) is 0 Å². The number of amides is 1. The lowest BCUT2D eigenvalue weighted by molar-refractivity contribution is -0.136. The van der Waals surface area contributed by atoms with Gasteiger partial charge in [-0.25, -0.2) is 0 Å². The molecule has 1 fully saturated rings. The second kappa shape index (κ2) is 6.99. The first-order valence-corrected chi connectivity index (χ1v) is 7.74. The van der Waals surface area contributed by atoms with Crippen molar-refractivity contribution < 1.29 is 18.0 Å². The molecule has 0 aliphatic carbocycles. The fourth-order valence-electron chi connectivity index (χ4n) is 2.72. The molecule has 1 heterocycles. The van der Waals surface area contributed by atoms with Crippen LogP contribution in [-0.4, -0.2) is 35.2 Å². The van der Waals surface area contributed by atoms with E-state index in [1.807, 2.05) is 13.8 Å². The van der Waals surface area contributed by atoms with E-state index >= 15 is 0 Å². The number of hydrogen-bond donors (Lipinski definition) is 1. The molecule has 1 N–H and O–H groups in total. The van der Waals surface area contributed by atoms with Gasteiger partial charge in [0, 0.05) is 13.0 Å². The number of carbonyl (C=O) groups is 1. The summed E-state index contributed by atoms with van der Waals surface area (Å²) in [7, 11) is 0. The molecule has 2 unspecified atom stereocenters. The highest BCUT2D eigenvalue weighted by Crippen LogP contribution is 2.28. The number of nitrogens with zero attached hydrogens (tertiary/aromatic N) is 1. The number of rotatable bonds is 7. The second-order valence-corrected chi connectivity index (χ2v) is 6.55. The van der Waals surface area contributed by atoms with Gasteiger partial charge in [-0.15, -0.1) is 0 Å². The molecule has 0 spiro atoms. The molecular weight excluding hydrogens is 281 g/mol. The summed E-state index contributed by atoms with van der Waals surface area (Å²) < 4.78 is 36.5. The van der Waals surface area contributed by atoms with Crippen molar-refractivity contribution in [3.8, 4) is 0 Å². The summed E-state index contributed by atoms with van der Waals surface area (Å²) in [4.78, 5) is 14.2. The fraction of sp³-hybridized carbons (Fsp3) is 0.933. The Morgan fingerprint density at radius 2 is 1.95 bits per heavy atom. The lowest BCUT2D eigenvalue weighted by Crippen LogP contribution is -2.44. The highest BCUT2D eigenvalue weighted by Gasteiger charge is 2.46. The molecule has 0 saturated carbocycles. The van der Waals surface area contributed by atoms with Crippen molar-refractivity contribution in [2.24, 2.45) is 5.92 Å². The van der Waals surface area contributed by atoms with Crippen molar-refractivity contribution in [3.05, 3.63) is 0 Å². The smallest absolute Gasteiger partial charge is 0.326 e. The zero-order chi connectivity index (χ0) is 16.3. The predicted octanol–water partition coefficient (Wildman–Crippen LogP) is 3.69. The van der Waals surface area contributed by atoms with E-state index in [0.29, 0.717) is 25.3 Å². The van der Waals surface area contributed by atoms with Crippen LogP contribution in [0.15, 0.2) is 0 Å². The number of nitrogens with one attached hydrogen (secondary N) is 1. The van der Waals surface area contributed by atoms with Crippen molar-refractivity contribution in [1.29, 1.82) is 0 Å². The van der Waals surface area contributed by atoms with Gasteiger partial charge in [0.25, 0.3) is 0 Å². The van der Waals surface area contributed by atoms with Crippen molar-refractivity contribution in [3.63, 3.8) is 0 Å². The summed E-state index contributed by atoms with van der Waals surface area (Å²) in [6.07, 6.45) is -2.98. The number of halogens is 3. The molecule has 1 rings (SSSR count). The highest BCUT2D eigenvalue weighted by atomic mass is 19.4. The van der Waals surface area contributed by atoms with E-state index in [4.69, 9.17) is 0 Å².